The molecule has 0 aliphatic carbocycles. The first kappa shape index (κ1) is 64.7. The third kappa shape index (κ3) is 50.6. The van der Waals surface area contributed by atoms with Gasteiger partial charge < -0.3 is 19.8 Å². The standard InChI is InChI=1S/C57H111N2O6P/c1-6-8-10-12-14-16-18-20-22-23-24-25-26-27-28-29-30-31-32-33-34-35-37-39-41-43-45-47-49-51-57(61)58-55(54-65-66(62,63)64-53-52-59(3,4)5)56(60)50-48-46-44-42-40-38-36-21-19-17-15-13-11-9-7-2/h18,20,23-24,26-27,55-56,60H,6-17,19,21-22,25,28-54H2,1-5H3,(H-,58,61,62,63)/p+1/b20-18-,24-23-,27-26-. The number of amides is 1. The van der Waals surface area contributed by atoms with Crippen LogP contribution in [0.5, 0.6) is 0 Å². The van der Waals surface area contributed by atoms with Gasteiger partial charge in [-0.05, 0) is 51.4 Å². The van der Waals surface area contributed by atoms with Crippen molar-refractivity contribution in [2.75, 3.05) is 40.9 Å². The van der Waals surface area contributed by atoms with Gasteiger partial charge in [-0.3, -0.25) is 13.8 Å². The van der Waals surface area contributed by atoms with Crippen molar-refractivity contribution in [2.45, 2.75) is 283 Å². The molecule has 0 rings (SSSR count). The van der Waals surface area contributed by atoms with Crippen molar-refractivity contribution in [1.29, 1.82) is 0 Å². The van der Waals surface area contributed by atoms with E-state index in [2.05, 4.69) is 55.6 Å². The number of quaternary nitrogens is 1. The molecule has 0 spiro atoms. The smallest absolute Gasteiger partial charge is 0.391 e. The van der Waals surface area contributed by atoms with E-state index in [1.807, 2.05) is 21.1 Å². The molecule has 0 bridgehead atoms. The maximum absolute atomic E-state index is 13.0. The number of phosphoric acid groups is 1. The van der Waals surface area contributed by atoms with Crippen LogP contribution in [-0.2, 0) is 18.4 Å². The molecule has 0 aromatic heterocycles. The van der Waals surface area contributed by atoms with Crippen LogP contribution in [0.2, 0.25) is 0 Å². The van der Waals surface area contributed by atoms with Gasteiger partial charge in [0.05, 0.1) is 39.9 Å². The van der Waals surface area contributed by atoms with Crippen molar-refractivity contribution in [3.05, 3.63) is 36.5 Å². The molecule has 3 N–H and O–H groups in total. The monoisotopic (exact) mass is 952 g/mol. The van der Waals surface area contributed by atoms with Crippen LogP contribution in [0.25, 0.3) is 0 Å². The second-order valence-corrected chi connectivity index (χ2v) is 22.1. The quantitative estimate of drug-likeness (QED) is 0.0243. The van der Waals surface area contributed by atoms with Crippen LogP contribution in [0, 0.1) is 0 Å². The summed E-state index contributed by atoms with van der Waals surface area (Å²) in [6.07, 6.45) is 61.9. The van der Waals surface area contributed by atoms with Gasteiger partial charge in [0.1, 0.15) is 13.2 Å². The minimum absolute atomic E-state index is 0.0752. The van der Waals surface area contributed by atoms with Crippen molar-refractivity contribution in [3.63, 3.8) is 0 Å². The third-order valence-corrected chi connectivity index (χ3v) is 13.9. The molecule has 3 unspecified atom stereocenters. The lowest BCUT2D eigenvalue weighted by Crippen LogP contribution is -2.46. The maximum Gasteiger partial charge on any atom is 0.472 e. The number of hydrogen-bond acceptors (Lipinski definition) is 5. The van der Waals surface area contributed by atoms with Crippen LogP contribution in [0.4, 0.5) is 0 Å². The van der Waals surface area contributed by atoms with E-state index in [1.165, 1.54) is 193 Å². The molecule has 0 radical (unpaired) electrons. The first-order valence-electron chi connectivity index (χ1n) is 28.4. The molecule has 0 heterocycles. The molecule has 8 nitrogen and oxygen atoms in total. The fraction of sp³-hybridized carbons (Fsp3) is 0.877. The summed E-state index contributed by atoms with van der Waals surface area (Å²) in [6, 6.07) is -0.760. The number of likely N-dealkylation sites (N-methyl/N-ethyl adjacent to an activating group) is 1. The molecule has 3 atom stereocenters. The molecule has 0 aliphatic heterocycles. The van der Waals surface area contributed by atoms with Crippen molar-refractivity contribution in [1.82, 2.24) is 5.32 Å². The molecule has 0 aromatic carbocycles. The number of aliphatic hydroxyl groups excluding tert-OH is 1. The Labute approximate surface area is 410 Å². The van der Waals surface area contributed by atoms with Gasteiger partial charge in [0.25, 0.3) is 0 Å². The van der Waals surface area contributed by atoms with Crippen LogP contribution >= 0.6 is 7.82 Å². The molecule has 66 heavy (non-hydrogen) atoms. The van der Waals surface area contributed by atoms with Gasteiger partial charge in [0, 0.05) is 6.42 Å². The Morgan fingerprint density at radius 2 is 0.864 bits per heavy atom. The van der Waals surface area contributed by atoms with E-state index < -0.39 is 20.0 Å². The Morgan fingerprint density at radius 3 is 1.26 bits per heavy atom. The fourth-order valence-corrected chi connectivity index (χ4v) is 9.14. The summed E-state index contributed by atoms with van der Waals surface area (Å²) >= 11 is 0. The van der Waals surface area contributed by atoms with Gasteiger partial charge in [0.2, 0.25) is 5.91 Å². The molecule has 0 fully saturated rings. The van der Waals surface area contributed by atoms with Crippen molar-refractivity contribution in [3.8, 4) is 0 Å². The highest BCUT2D eigenvalue weighted by Crippen LogP contribution is 2.43. The average Bonchev–Trinajstić information content (AvgIpc) is 3.28. The van der Waals surface area contributed by atoms with Gasteiger partial charge in [0.15, 0.2) is 0 Å². The second-order valence-electron chi connectivity index (χ2n) is 20.7. The summed E-state index contributed by atoms with van der Waals surface area (Å²) in [6.45, 7) is 4.90. The molecular weight excluding hydrogens is 840 g/mol. The molecule has 9 heteroatoms. The van der Waals surface area contributed by atoms with Gasteiger partial charge in [-0.15, -0.1) is 0 Å². The van der Waals surface area contributed by atoms with Gasteiger partial charge in [-0.2, -0.15) is 0 Å². The number of carbonyl (C=O) groups is 1. The molecular formula is C57H112N2O6P+. The normalized spacial score (nSPS) is 14.2. The van der Waals surface area contributed by atoms with Crippen molar-refractivity contribution in [2.24, 2.45) is 0 Å². The largest absolute Gasteiger partial charge is 0.472 e. The summed E-state index contributed by atoms with van der Waals surface area (Å²) in [5.74, 6) is -0.143. The van der Waals surface area contributed by atoms with Crippen LogP contribution in [-0.4, -0.2) is 73.4 Å². The van der Waals surface area contributed by atoms with Crippen LogP contribution in [0.15, 0.2) is 36.5 Å². The Bertz CT molecular complexity index is 1170. The van der Waals surface area contributed by atoms with Crippen LogP contribution < -0.4 is 5.32 Å². The van der Waals surface area contributed by atoms with Gasteiger partial charge in [-0.25, -0.2) is 4.57 Å². The average molecular weight is 953 g/mol. The lowest BCUT2D eigenvalue weighted by atomic mass is 10.0. The number of carbonyl (C=O) groups excluding carboxylic acids is 1. The molecule has 0 aliphatic rings. The first-order valence-corrected chi connectivity index (χ1v) is 29.8. The Balaban J connectivity index is 4.10. The first-order chi connectivity index (χ1) is 32.0. The lowest BCUT2D eigenvalue weighted by Gasteiger charge is -2.26. The minimum atomic E-state index is -4.32. The summed E-state index contributed by atoms with van der Waals surface area (Å²) in [5.41, 5.74) is 0. The Hall–Kier alpha value is -1.28. The number of phosphoric ester groups is 1. The van der Waals surface area contributed by atoms with E-state index in [4.69, 9.17) is 9.05 Å². The fourth-order valence-electron chi connectivity index (χ4n) is 8.41. The zero-order chi connectivity index (χ0) is 48.5. The topological polar surface area (TPSA) is 105 Å². The summed E-state index contributed by atoms with van der Waals surface area (Å²) < 4.78 is 23.7. The van der Waals surface area contributed by atoms with Crippen molar-refractivity contribution >= 4 is 13.7 Å². The lowest BCUT2D eigenvalue weighted by molar-refractivity contribution is -0.870. The Kier molecular flexibility index (Phi) is 47.8. The number of unbranched alkanes of at least 4 members (excludes halogenated alkanes) is 33. The van der Waals surface area contributed by atoms with Crippen molar-refractivity contribution < 1.29 is 32.9 Å². The zero-order valence-corrected chi connectivity index (χ0v) is 45.3. The number of rotatable bonds is 52. The summed E-state index contributed by atoms with van der Waals surface area (Å²) in [5, 5.41) is 14.0. The van der Waals surface area contributed by atoms with E-state index in [0.29, 0.717) is 23.9 Å². The highest BCUT2D eigenvalue weighted by atomic mass is 31.2. The molecule has 1 amide bonds. The number of nitrogens with zero attached hydrogens (tertiary/aromatic N) is 1. The number of hydrogen-bond donors (Lipinski definition) is 3. The number of allylic oxidation sites excluding steroid dienone is 6. The van der Waals surface area contributed by atoms with E-state index in [9.17, 15) is 19.4 Å². The van der Waals surface area contributed by atoms with Crippen LogP contribution in [0.1, 0.15) is 271 Å². The Morgan fingerprint density at radius 1 is 0.515 bits per heavy atom. The molecule has 0 aromatic rings. The number of aliphatic hydroxyl groups is 1. The highest BCUT2D eigenvalue weighted by Gasteiger charge is 2.28. The molecule has 0 saturated heterocycles. The van der Waals surface area contributed by atoms with E-state index in [0.717, 1.165) is 51.4 Å². The minimum Gasteiger partial charge on any atom is -0.391 e. The van der Waals surface area contributed by atoms with E-state index in [-0.39, 0.29) is 19.1 Å². The highest BCUT2D eigenvalue weighted by molar-refractivity contribution is 7.47. The van der Waals surface area contributed by atoms with Gasteiger partial charge >= 0.3 is 7.82 Å². The summed E-state index contributed by atoms with van der Waals surface area (Å²) in [7, 11) is 1.62. The zero-order valence-electron chi connectivity index (χ0n) is 44.4. The predicted molar refractivity (Wildman–Crippen MR) is 286 cm³/mol. The van der Waals surface area contributed by atoms with E-state index >= 15 is 0 Å². The molecule has 0 saturated carbocycles. The SMILES string of the molecule is CCCCCCC/C=C\C/C=C\C/C=C\CCCCCCCCCCCCCCCCC(=O)NC(COP(=O)(O)OCC[N+](C)(C)C)C(O)CCCCCCCCCCCCCCCCC. The molecule has 390 valence electrons. The second kappa shape index (κ2) is 48.7. The summed E-state index contributed by atoms with van der Waals surface area (Å²) in [4.78, 5) is 23.3. The predicted octanol–water partition coefficient (Wildman–Crippen LogP) is 17.0. The third-order valence-electron chi connectivity index (χ3n) is 12.9. The van der Waals surface area contributed by atoms with Gasteiger partial charge in [-0.1, -0.05) is 249 Å². The van der Waals surface area contributed by atoms with E-state index in [1.54, 1.807) is 0 Å². The number of nitrogens with one attached hydrogen (secondary N) is 1. The maximum atomic E-state index is 13.0. The van der Waals surface area contributed by atoms with Crippen LogP contribution in [0.3, 0.4) is 0 Å².